The Bertz CT molecular complexity index is 1540. The number of ether oxygens (including phenoxy) is 1. The van der Waals surface area contributed by atoms with Crippen molar-refractivity contribution >= 4 is 46.5 Å². The van der Waals surface area contributed by atoms with E-state index in [9.17, 15) is 18.8 Å². The molecule has 3 amide bonds. The average Bonchev–Trinajstić information content (AvgIpc) is 2.96. The lowest BCUT2D eigenvalue weighted by molar-refractivity contribution is -0.129. The van der Waals surface area contributed by atoms with Crippen LogP contribution in [-0.4, -0.2) is 41.4 Å². The summed E-state index contributed by atoms with van der Waals surface area (Å²) in [5, 5.41) is 5.64. The lowest BCUT2D eigenvalue weighted by atomic mass is 9.91. The summed E-state index contributed by atoms with van der Waals surface area (Å²) in [7, 11) is 1.28. The van der Waals surface area contributed by atoms with Gasteiger partial charge in [0, 0.05) is 41.5 Å². The number of aromatic nitrogens is 1. The van der Waals surface area contributed by atoms with Crippen LogP contribution in [0.4, 0.5) is 20.6 Å². The zero-order valence-electron chi connectivity index (χ0n) is 22.7. The lowest BCUT2D eigenvalue weighted by Crippen LogP contribution is -2.37. The predicted octanol–water partition coefficient (Wildman–Crippen LogP) is 6.83. The van der Waals surface area contributed by atoms with Crippen molar-refractivity contribution in [3.05, 3.63) is 82.8 Å². The van der Waals surface area contributed by atoms with Crippen molar-refractivity contribution in [2.75, 3.05) is 24.3 Å². The van der Waals surface area contributed by atoms with Gasteiger partial charge in [-0.3, -0.25) is 19.9 Å². The first kappa shape index (κ1) is 28.3. The number of anilines is 2. The first-order valence-electron chi connectivity index (χ1n) is 13.5. The van der Waals surface area contributed by atoms with E-state index in [1.165, 1.54) is 19.3 Å². The van der Waals surface area contributed by atoms with Gasteiger partial charge in [0.15, 0.2) is 0 Å². The maximum Gasteiger partial charge on any atom is 0.411 e. The molecule has 2 atom stereocenters. The molecule has 3 aromatic rings. The molecule has 8 nitrogen and oxygen atoms in total. The van der Waals surface area contributed by atoms with E-state index in [-0.39, 0.29) is 28.8 Å². The minimum Gasteiger partial charge on any atom is -0.453 e. The molecule has 1 unspecified atom stereocenters. The summed E-state index contributed by atoms with van der Waals surface area (Å²) in [4.78, 5) is 44.7. The number of amides is 3. The Morgan fingerprint density at radius 1 is 1.15 bits per heavy atom. The van der Waals surface area contributed by atoms with E-state index >= 15 is 0 Å². The molecule has 2 aromatic carbocycles. The van der Waals surface area contributed by atoms with Crippen LogP contribution in [0.25, 0.3) is 16.8 Å². The number of benzene rings is 2. The first-order chi connectivity index (χ1) is 19.7. The number of methoxy groups -OCH3 is 1. The summed E-state index contributed by atoms with van der Waals surface area (Å²) in [6.45, 7) is 2.28. The fourth-order valence-electron chi connectivity index (χ4n) is 5.35. The minimum absolute atomic E-state index is 0.0218. The van der Waals surface area contributed by atoms with Gasteiger partial charge in [-0.15, -0.1) is 0 Å². The standard InChI is InChI=1S/C31H30ClFN4O4/c1-18-5-3-8-27(37-14-12-19(16-28(37)38)22-6-4-7-24(32)29(22)33)20-11-13-34-25(15-20)23-10-9-21(35-31(40)41-2)17-26(23)36-30(18)39/h4,6-7,9-11,13,15-18,27H,3,5,8,12,14H2,1-2H3,(H,35,40)(H,36,39)/t18?,27-/m0/s1. The SMILES string of the molecule is COC(=O)Nc1ccc2c(c1)NC(=O)C(C)CCC[C@H](N1CCC(c3cccc(Cl)c3F)=CC1=O)c1ccnc-2c1. The summed E-state index contributed by atoms with van der Waals surface area (Å²) < 4.78 is 19.4. The molecular weight excluding hydrogens is 547 g/mol. The molecule has 2 aliphatic heterocycles. The van der Waals surface area contributed by atoms with E-state index in [1.807, 2.05) is 24.0 Å². The number of pyridine rings is 1. The van der Waals surface area contributed by atoms with Crippen LogP contribution in [0, 0.1) is 11.7 Å². The number of nitrogens with one attached hydrogen (secondary N) is 2. The highest BCUT2D eigenvalue weighted by atomic mass is 35.5. The van der Waals surface area contributed by atoms with Gasteiger partial charge >= 0.3 is 6.09 Å². The number of carbonyl (C=O) groups excluding carboxylic acids is 3. The Morgan fingerprint density at radius 3 is 2.76 bits per heavy atom. The summed E-state index contributed by atoms with van der Waals surface area (Å²) in [5.41, 5.74) is 4.12. The van der Waals surface area contributed by atoms with Crippen LogP contribution in [0.15, 0.2) is 60.8 Å². The normalized spacial score (nSPS) is 19.2. The van der Waals surface area contributed by atoms with Crippen LogP contribution < -0.4 is 10.6 Å². The van der Waals surface area contributed by atoms with Crippen molar-refractivity contribution in [1.82, 2.24) is 9.88 Å². The van der Waals surface area contributed by atoms with Crippen LogP contribution in [-0.2, 0) is 14.3 Å². The highest BCUT2D eigenvalue weighted by Crippen LogP contribution is 2.37. The van der Waals surface area contributed by atoms with Crippen LogP contribution >= 0.6 is 11.6 Å². The molecule has 3 heterocycles. The quantitative estimate of drug-likeness (QED) is 0.356. The molecule has 5 rings (SSSR count). The largest absolute Gasteiger partial charge is 0.453 e. The molecule has 2 aliphatic rings. The molecule has 0 aliphatic carbocycles. The van der Waals surface area contributed by atoms with Crippen molar-refractivity contribution in [2.45, 2.75) is 38.6 Å². The molecular formula is C31H30ClFN4O4. The summed E-state index contributed by atoms with van der Waals surface area (Å²) in [5.74, 6) is -1.17. The van der Waals surface area contributed by atoms with E-state index in [4.69, 9.17) is 16.3 Å². The molecule has 10 heteroatoms. The van der Waals surface area contributed by atoms with Gasteiger partial charge in [-0.2, -0.15) is 0 Å². The molecule has 0 saturated heterocycles. The third kappa shape index (κ3) is 6.10. The summed E-state index contributed by atoms with van der Waals surface area (Å²) >= 11 is 5.98. The second-order valence-electron chi connectivity index (χ2n) is 10.2. The third-order valence-electron chi connectivity index (χ3n) is 7.59. The zero-order chi connectivity index (χ0) is 29.1. The second-order valence-corrected chi connectivity index (χ2v) is 10.6. The molecule has 1 aromatic heterocycles. The number of hydrogen-bond donors (Lipinski definition) is 2. The van der Waals surface area contributed by atoms with Gasteiger partial charge in [0.25, 0.3) is 0 Å². The second kappa shape index (κ2) is 12.1. The van der Waals surface area contributed by atoms with E-state index < -0.39 is 11.9 Å². The number of hydrogen-bond acceptors (Lipinski definition) is 5. The van der Waals surface area contributed by atoms with Crippen LogP contribution in [0.5, 0.6) is 0 Å². The summed E-state index contributed by atoms with van der Waals surface area (Å²) in [6, 6.07) is 13.5. The Balaban J connectivity index is 1.51. The first-order valence-corrected chi connectivity index (χ1v) is 13.8. The zero-order valence-corrected chi connectivity index (χ0v) is 23.5. The molecule has 0 saturated carbocycles. The third-order valence-corrected chi connectivity index (χ3v) is 7.88. The maximum atomic E-state index is 14.7. The molecule has 212 valence electrons. The van der Waals surface area contributed by atoms with E-state index in [1.54, 1.807) is 36.5 Å². The van der Waals surface area contributed by atoms with E-state index in [2.05, 4.69) is 15.6 Å². The molecule has 2 bridgehead atoms. The van der Waals surface area contributed by atoms with Gasteiger partial charge in [0.2, 0.25) is 11.8 Å². The fraction of sp³-hybridized carbons (Fsp3) is 0.290. The highest BCUT2D eigenvalue weighted by molar-refractivity contribution is 6.31. The van der Waals surface area contributed by atoms with Crippen LogP contribution in [0.2, 0.25) is 5.02 Å². The lowest BCUT2D eigenvalue weighted by Gasteiger charge is -2.35. The van der Waals surface area contributed by atoms with E-state index in [0.29, 0.717) is 66.0 Å². The molecule has 41 heavy (non-hydrogen) atoms. The smallest absolute Gasteiger partial charge is 0.411 e. The van der Waals surface area contributed by atoms with Crippen molar-refractivity contribution in [1.29, 1.82) is 0 Å². The Kier molecular flexibility index (Phi) is 8.35. The van der Waals surface area contributed by atoms with Crippen molar-refractivity contribution in [2.24, 2.45) is 5.92 Å². The Morgan fingerprint density at radius 2 is 1.98 bits per heavy atom. The number of carbonyl (C=O) groups is 3. The van der Waals surface area contributed by atoms with Gasteiger partial charge in [-0.1, -0.05) is 37.1 Å². The van der Waals surface area contributed by atoms with Gasteiger partial charge in [-0.25, -0.2) is 9.18 Å². The molecule has 0 fully saturated rings. The van der Waals surface area contributed by atoms with Crippen molar-refractivity contribution in [3.63, 3.8) is 0 Å². The van der Waals surface area contributed by atoms with Crippen LogP contribution in [0.3, 0.4) is 0 Å². The number of halogens is 2. The van der Waals surface area contributed by atoms with Gasteiger partial charge < -0.3 is 15.0 Å². The molecule has 2 N–H and O–H groups in total. The van der Waals surface area contributed by atoms with Gasteiger partial charge in [-0.05, 0) is 66.8 Å². The predicted molar refractivity (Wildman–Crippen MR) is 156 cm³/mol. The van der Waals surface area contributed by atoms with Crippen LogP contribution in [0.1, 0.15) is 49.8 Å². The Labute approximate surface area is 242 Å². The maximum absolute atomic E-state index is 14.7. The van der Waals surface area contributed by atoms with Crippen molar-refractivity contribution in [3.8, 4) is 11.3 Å². The molecule has 0 spiro atoms. The number of rotatable bonds is 3. The minimum atomic E-state index is -0.623. The fourth-order valence-corrected chi connectivity index (χ4v) is 5.53. The van der Waals surface area contributed by atoms with Gasteiger partial charge in [0.1, 0.15) is 5.82 Å². The number of fused-ring (bicyclic) bond motifs is 4. The highest BCUT2D eigenvalue weighted by Gasteiger charge is 2.30. The van der Waals surface area contributed by atoms with Crippen molar-refractivity contribution < 1.29 is 23.5 Å². The average molecular weight is 577 g/mol. The van der Waals surface area contributed by atoms with Gasteiger partial charge in [0.05, 0.1) is 29.6 Å². The summed E-state index contributed by atoms with van der Waals surface area (Å²) in [6.07, 6.45) is 5.02. The monoisotopic (exact) mass is 576 g/mol. The van der Waals surface area contributed by atoms with E-state index in [0.717, 1.165) is 5.56 Å². The topological polar surface area (TPSA) is 101 Å². The Hall–Kier alpha value is -4.24. The molecule has 0 radical (unpaired) electrons. The number of nitrogens with zero attached hydrogens (tertiary/aromatic N) is 2.